The Balaban J connectivity index is 0.000000400. The van der Waals surface area contributed by atoms with Gasteiger partial charge in [-0.3, -0.25) is 4.79 Å². The number of carboxylic acids is 2. The van der Waals surface area contributed by atoms with Crippen LogP contribution in [0.15, 0.2) is 35.7 Å². The molecule has 0 aromatic carbocycles. The molecule has 0 spiro atoms. The third kappa shape index (κ3) is 3.60. The highest BCUT2D eigenvalue weighted by Gasteiger charge is 2.53. The van der Waals surface area contributed by atoms with Gasteiger partial charge >= 0.3 is 11.9 Å². The quantitative estimate of drug-likeness (QED) is 0.551. The van der Waals surface area contributed by atoms with Gasteiger partial charge in [0.25, 0.3) is 0 Å². The molecule has 0 saturated carbocycles. The summed E-state index contributed by atoms with van der Waals surface area (Å²) >= 11 is 0. The number of hydrogen-bond donors (Lipinski definition) is 3. The summed E-state index contributed by atoms with van der Waals surface area (Å²) in [6.07, 6.45) is 6.55. The number of aldehydes is 1. The number of aliphatic carboxylic acids is 2. The van der Waals surface area contributed by atoms with Crippen LogP contribution >= 0.6 is 0 Å². The molecular formula is C16H21N3O5. The average molecular weight is 335 g/mol. The van der Waals surface area contributed by atoms with Crippen molar-refractivity contribution in [2.75, 3.05) is 14.1 Å². The van der Waals surface area contributed by atoms with Crippen LogP contribution < -0.4 is 0 Å². The van der Waals surface area contributed by atoms with E-state index >= 15 is 0 Å². The van der Waals surface area contributed by atoms with Crippen LogP contribution in [-0.2, 0) is 14.4 Å². The van der Waals surface area contributed by atoms with Crippen molar-refractivity contribution in [1.82, 2.24) is 14.9 Å². The second-order valence-corrected chi connectivity index (χ2v) is 5.61. The number of nitrogens with one attached hydrogen (secondary N) is 1. The topological polar surface area (TPSA) is 124 Å². The number of likely N-dealkylation sites (N-methyl/N-ethyl adjacent to an activating group) is 1. The zero-order valence-corrected chi connectivity index (χ0v) is 14.0. The summed E-state index contributed by atoms with van der Waals surface area (Å²) in [5, 5.41) is 18.5. The lowest BCUT2D eigenvalue weighted by atomic mass is 9.69. The Bertz CT molecular complexity index is 676. The van der Waals surface area contributed by atoms with Crippen LogP contribution in [0.2, 0.25) is 0 Å². The van der Waals surface area contributed by atoms with Crippen molar-refractivity contribution in [2.45, 2.75) is 19.9 Å². The Morgan fingerprint density at radius 2 is 1.92 bits per heavy atom. The minimum Gasteiger partial charge on any atom is -0.480 e. The van der Waals surface area contributed by atoms with E-state index < -0.39 is 23.4 Å². The molecule has 3 N–H and O–H groups in total. The summed E-state index contributed by atoms with van der Waals surface area (Å²) in [5.41, 5.74) is -1.65. The first-order valence-corrected chi connectivity index (χ1v) is 7.12. The van der Waals surface area contributed by atoms with Gasteiger partial charge in [-0.05, 0) is 33.5 Å². The summed E-state index contributed by atoms with van der Waals surface area (Å²) in [6.45, 7) is 3.42. The second-order valence-electron chi connectivity index (χ2n) is 5.61. The molecule has 0 radical (unpaired) electrons. The highest BCUT2D eigenvalue weighted by Crippen LogP contribution is 2.39. The Kier molecular flexibility index (Phi) is 6.19. The van der Waals surface area contributed by atoms with Gasteiger partial charge in [-0.15, -0.1) is 0 Å². The number of aryl methyl sites for hydroxylation is 1. The van der Waals surface area contributed by atoms with Gasteiger partial charge in [0, 0.05) is 12.4 Å². The van der Waals surface area contributed by atoms with Crippen molar-refractivity contribution in [3.05, 3.63) is 41.5 Å². The molecule has 0 amide bonds. The molecule has 2 atom stereocenters. The maximum Gasteiger partial charge on any atom is 0.333 e. The van der Waals surface area contributed by atoms with Gasteiger partial charge in [0.1, 0.15) is 12.1 Å². The molecule has 2 unspecified atom stereocenters. The minimum absolute atomic E-state index is 0.111. The first-order valence-electron chi connectivity index (χ1n) is 7.12. The first kappa shape index (κ1) is 19.3. The molecular weight excluding hydrogens is 314 g/mol. The molecule has 0 bridgehead atoms. The van der Waals surface area contributed by atoms with Crippen molar-refractivity contribution >= 4 is 18.2 Å². The van der Waals surface area contributed by atoms with E-state index in [9.17, 15) is 19.5 Å². The molecule has 130 valence electrons. The van der Waals surface area contributed by atoms with E-state index in [1.165, 1.54) is 24.0 Å². The van der Waals surface area contributed by atoms with Gasteiger partial charge in [0.2, 0.25) is 0 Å². The largest absolute Gasteiger partial charge is 0.480 e. The number of nitrogens with zero attached hydrogens (tertiary/aromatic N) is 2. The molecule has 0 fully saturated rings. The van der Waals surface area contributed by atoms with Gasteiger partial charge in [0.15, 0.2) is 5.41 Å². The number of aromatic nitrogens is 2. The van der Waals surface area contributed by atoms with Crippen LogP contribution in [0, 0.1) is 12.3 Å². The van der Waals surface area contributed by atoms with Gasteiger partial charge in [0.05, 0.1) is 11.6 Å². The Morgan fingerprint density at radius 3 is 2.21 bits per heavy atom. The predicted molar refractivity (Wildman–Crippen MR) is 86.4 cm³/mol. The van der Waals surface area contributed by atoms with E-state index in [-0.39, 0.29) is 5.57 Å². The molecule has 8 heteroatoms. The van der Waals surface area contributed by atoms with E-state index in [1.807, 2.05) is 6.92 Å². The highest BCUT2D eigenvalue weighted by molar-refractivity contribution is 6.02. The number of H-pyrrole nitrogens is 1. The maximum absolute atomic E-state index is 11.5. The fourth-order valence-electron chi connectivity index (χ4n) is 2.62. The average Bonchev–Trinajstić information content (AvgIpc) is 2.97. The lowest BCUT2D eigenvalue weighted by Crippen LogP contribution is -2.54. The van der Waals surface area contributed by atoms with E-state index in [2.05, 4.69) is 9.97 Å². The lowest BCUT2D eigenvalue weighted by molar-refractivity contribution is -0.152. The van der Waals surface area contributed by atoms with E-state index in [4.69, 9.17) is 5.11 Å². The van der Waals surface area contributed by atoms with Crippen molar-refractivity contribution in [2.24, 2.45) is 5.41 Å². The number of hydrogen-bond acceptors (Lipinski definition) is 5. The summed E-state index contributed by atoms with van der Waals surface area (Å²) in [6, 6.07) is -1.03. The third-order valence-electron chi connectivity index (χ3n) is 3.83. The number of carbonyl (C=O) groups is 3. The molecule has 24 heavy (non-hydrogen) atoms. The highest BCUT2D eigenvalue weighted by atomic mass is 16.4. The Labute approximate surface area is 139 Å². The lowest BCUT2D eigenvalue weighted by Gasteiger charge is -2.39. The van der Waals surface area contributed by atoms with Crippen LogP contribution in [0.3, 0.4) is 0 Å². The number of carboxylic acid groups (broad SMARTS) is 2. The number of rotatable bonds is 4. The van der Waals surface area contributed by atoms with Crippen molar-refractivity contribution < 1.29 is 24.6 Å². The molecule has 1 aliphatic rings. The summed E-state index contributed by atoms with van der Waals surface area (Å²) < 4.78 is 0. The molecule has 8 nitrogen and oxygen atoms in total. The molecule has 1 aliphatic carbocycles. The van der Waals surface area contributed by atoms with E-state index in [0.717, 1.165) is 5.82 Å². The smallest absolute Gasteiger partial charge is 0.333 e. The van der Waals surface area contributed by atoms with Gasteiger partial charge in [-0.25, -0.2) is 9.78 Å². The predicted octanol–water partition coefficient (Wildman–Crippen LogP) is 0.876. The van der Waals surface area contributed by atoms with E-state index in [0.29, 0.717) is 11.9 Å². The zero-order chi connectivity index (χ0) is 18.5. The number of imidazole rings is 1. The first-order chi connectivity index (χ1) is 11.2. The van der Waals surface area contributed by atoms with Crippen molar-refractivity contribution in [3.8, 4) is 0 Å². The van der Waals surface area contributed by atoms with Crippen molar-refractivity contribution in [1.29, 1.82) is 0 Å². The molecule has 1 heterocycles. The van der Waals surface area contributed by atoms with Crippen molar-refractivity contribution in [3.63, 3.8) is 0 Å². The standard InChI is InChI=1S/C12H15NO5.C4H6N2/c1-7-4-5-8(10(15)16)9(13(2)3)12(7,6-14)11(17)18;1-4-5-2-3-6-4/h4-6,9H,1-3H3,(H,15,16)(H,17,18);2-3H,1H3,(H,5,6). The maximum atomic E-state index is 11.5. The molecule has 0 saturated heterocycles. The van der Waals surface area contributed by atoms with E-state index in [1.54, 1.807) is 26.5 Å². The summed E-state index contributed by atoms with van der Waals surface area (Å²) in [4.78, 5) is 42.2. The second kappa shape index (κ2) is 7.69. The number of aromatic amines is 1. The van der Waals surface area contributed by atoms with Crippen LogP contribution in [0.25, 0.3) is 0 Å². The van der Waals surface area contributed by atoms with Gasteiger partial charge in [-0.1, -0.05) is 12.2 Å². The molecule has 1 aromatic rings. The monoisotopic (exact) mass is 335 g/mol. The summed E-state index contributed by atoms with van der Waals surface area (Å²) in [5.74, 6) is -1.61. The van der Waals surface area contributed by atoms with Crippen LogP contribution in [-0.4, -0.2) is 63.4 Å². The Hall–Kier alpha value is -2.74. The fraction of sp³-hybridized carbons (Fsp3) is 0.375. The normalized spacial score (nSPS) is 22.8. The van der Waals surface area contributed by atoms with Gasteiger partial charge in [-0.2, -0.15) is 0 Å². The number of allylic oxidation sites excluding steroid dienone is 2. The fourth-order valence-corrected chi connectivity index (χ4v) is 2.62. The Morgan fingerprint density at radius 1 is 1.29 bits per heavy atom. The molecule has 2 rings (SSSR count). The third-order valence-corrected chi connectivity index (χ3v) is 3.83. The molecule has 1 aromatic heterocycles. The van der Waals surface area contributed by atoms with Crippen LogP contribution in [0.5, 0.6) is 0 Å². The molecule has 0 aliphatic heterocycles. The minimum atomic E-state index is -1.86. The van der Waals surface area contributed by atoms with Gasteiger partial charge < -0.3 is 24.9 Å². The zero-order valence-electron chi connectivity index (χ0n) is 14.0. The number of carbonyl (C=O) groups excluding carboxylic acids is 1. The van der Waals surface area contributed by atoms with Crippen LogP contribution in [0.1, 0.15) is 12.7 Å². The SMILES string of the molecule is CC1=CC=C(C(=O)O)C(N(C)C)C1(C=O)C(=O)O.Cc1ncc[nH]1. The van der Waals surface area contributed by atoms with Crippen LogP contribution in [0.4, 0.5) is 0 Å². The summed E-state index contributed by atoms with van der Waals surface area (Å²) in [7, 11) is 3.09.